The molecule has 0 radical (unpaired) electrons. The summed E-state index contributed by atoms with van der Waals surface area (Å²) in [6.07, 6.45) is 5.04. The number of amides is 1. The molecule has 0 bridgehead atoms. The van der Waals surface area contributed by atoms with E-state index in [4.69, 9.17) is 5.73 Å². The average Bonchev–Trinajstić information content (AvgIpc) is 2.67. The van der Waals surface area contributed by atoms with Crippen molar-refractivity contribution in [1.82, 2.24) is 4.90 Å². The maximum Gasteiger partial charge on any atom is 0.223 e. The molecule has 1 fully saturated rings. The van der Waals surface area contributed by atoms with Gasteiger partial charge in [0.2, 0.25) is 5.91 Å². The van der Waals surface area contributed by atoms with E-state index in [0.29, 0.717) is 36.9 Å². The summed E-state index contributed by atoms with van der Waals surface area (Å²) in [6.45, 7) is 7.07. The van der Waals surface area contributed by atoms with Crippen molar-refractivity contribution in [2.75, 3.05) is 6.54 Å². The van der Waals surface area contributed by atoms with Gasteiger partial charge in [0.25, 0.3) is 0 Å². The first-order chi connectivity index (χ1) is 7.63. The summed E-state index contributed by atoms with van der Waals surface area (Å²) in [5.74, 6) is 0.673. The fraction of sp³-hybridized carbons (Fsp3) is 0.923. The van der Waals surface area contributed by atoms with Crippen molar-refractivity contribution in [3.63, 3.8) is 0 Å². The number of carbonyl (C=O) groups excluding carboxylic acids is 1. The Morgan fingerprint density at radius 3 is 2.62 bits per heavy atom. The first-order valence-electron chi connectivity index (χ1n) is 6.65. The van der Waals surface area contributed by atoms with Gasteiger partial charge in [-0.25, -0.2) is 0 Å². The van der Waals surface area contributed by atoms with Gasteiger partial charge in [-0.05, 0) is 38.6 Å². The van der Waals surface area contributed by atoms with Crippen LogP contribution in [0.5, 0.6) is 0 Å². The van der Waals surface area contributed by atoms with Gasteiger partial charge in [-0.3, -0.25) is 4.79 Å². The molecule has 1 rings (SSSR count). The Kier molecular flexibility index (Phi) is 5.26. The highest BCUT2D eigenvalue weighted by atomic mass is 16.2. The molecule has 1 saturated heterocycles. The van der Waals surface area contributed by atoms with Gasteiger partial charge in [0.05, 0.1) is 0 Å². The third-order valence-corrected chi connectivity index (χ3v) is 3.92. The Balaban J connectivity index is 2.57. The SMILES string of the molecule is CCC(CN)CC(=O)N1C(C)CCC1CC. The molecule has 1 amide bonds. The predicted molar refractivity (Wildman–Crippen MR) is 67.1 cm³/mol. The second-order valence-electron chi connectivity index (χ2n) is 5.00. The summed E-state index contributed by atoms with van der Waals surface area (Å²) in [6, 6.07) is 0.894. The number of rotatable bonds is 5. The van der Waals surface area contributed by atoms with Crippen molar-refractivity contribution < 1.29 is 4.79 Å². The van der Waals surface area contributed by atoms with Gasteiger partial charge in [0.15, 0.2) is 0 Å². The first kappa shape index (κ1) is 13.5. The highest BCUT2D eigenvalue weighted by molar-refractivity contribution is 5.77. The van der Waals surface area contributed by atoms with E-state index in [-0.39, 0.29) is 0 Å². The van der Waals surface area contributed by atoms with E-state index < -0.39 is 0 Å². The number of hydrogen-bond acceptors (Lipinski definition) is 2. The third-order valence-electron chi connectivity index (χ3n) is 3.92. The molecular formula is C13H26N2O. The zero-order valence-corrected chi connectivity index (χ0v) is 10.9. The topological polar surface area (TPSA) is 46.3 Å². The predicted octanol–water partition coefficient (Wildman–Crippen LogP) is 2.15. The van der Waals surface area contributed by atoms with Crippen LogP contribution in [0, 0.1) is 5.92 Å². The van der Waals surface area contributed by atoms with Crippen molar-refractivity contribution in [3.8, 4) is 0 Å². The normalized spacial score (nSPS) is 27.1. The van der Waals surface area contributed by atoms with Crippen LogP contribution in [0.3, 0.4) is 0 Å². The molecule has 3 nitrogen and oxygen atoms in total. The van der Waals surface area contributed by atoms with Gasteiger partial charge in [0.1, 0.15) is 0 Å². The Morgan fingerprint density at radius 1 is 1.44 bits per heavy atom. The zero-order chi connectivity index (χ0) is 12.1. The minimum atomic E-state index is 0.314. The number of carbonyl (C=O) groups is 1. The summed E-state index contributed by atoms with van der Waals surface area (Å²) in [5.41, 5.74) is 5.66. The van der Waals surface area contributed by atoms with Crippen LogP contribution in [0.4, 0.5) is 0 Å². The third kappa shape index (κ3) is 2.97. The fourth-order valence-corrected chi connectivity index (χ4v) is 2.67. The Hall–Kier alpha value is -0.570. The molecule has 3 unspecified atom stereocenters. The van der Waals surface area contributed by atoms with E-state index in [2.05, 4.69) is 25.7 Å². The van der Waals surface area contributed by atoms with Crippen molar-refractivity contribution >= 4 is 5.91 Å². The molecule has 0 aromatic heterocycles. The van der Waals surface area contributed by atoms with Crippen LogP contribution in [0.15, 0.2) is 0 Å². The lowest BCUT2D eigenvalue weighted by molar-refractivity contribution is -0.134. The summed E-state index contributed by atoms with van der Waals surface area (Å²) in [4.78, 5) is 14.3. The van der Waals surface area contributed by atoms with Gasteiger partial charge in [-0.15, -0.1) is 0 Å². The molecule has 94 valence electrons. The molecule has 0 saturated carbocycles. The van der Waals surface area contributed by atoms with E-state index in [1.807, 2.05) is 0 Å². The summed E-state index contributed by atoms with van der Waals surface area (Å²) < 4.78 is 0. The van der Waals surface area contributed by atoms with E-state index in [9.17, 15) is 4.79 Å². The standard InChI is InChI=1S/C13H26N2O/c1-4-11(9-14)8-13(16)15-10(3)6-7-12(15)5-2/h10-12H,4-9,14H2,1-3H3. The monoisotopic (exact) mass is 226 g/mol. The minimum absolute atomic E-state index is 0.314. The second kappa shape index (κ2) is 6.24. The van der Waals surface area contributed by atoms with Crippen LogP contribution in [0.2, 0.25) is 0 Å². The summed E-state index contributed by atoms with van der Waals surface area (Å²) in [7, 11) is 0. The molecule has 0 aliphatic carbocycles. The summed E-state index contributed by atoms with van der Waals surface area (Å²) >= 11 is 0. The van der Waals surface area contributed by atoms with Crippen molar-refractivity contribution in [1.29, 1.82) is 0 Å². The molecular weight excluding hydrogens is 200 g/mol. The van der Waals surface area contributed by atoms with Crippen LogP contribution in [-0.2, 0) is 4.79 Å². The zero-order valence-electron chi connectivity index (χ0n) is 10.9. The molecule has 0 spiro atoms. The Labute approximate surface area is 99.4 Å². The first-order valence-corrected chi connectivity index (χ1v) is 6.65. The molecule has 1 aliphatic rings. The Morgan fingerprint density at radius 2 is 2.12 bits per heavy atom. The molecule has 0 aromatic carbocycles. The summed E-state index contributed by atoms with van der Waals surface area (Å²) in [5, 5.41) is 0. The van der Waals surface area contributed by atoms with Crippen molar-refractivity contribution in [2.45, 2.75) is 65.0 Å². The van der Waals surface area contributed by atoms with Crippen molar-refractivity contribution in [2.24, 2.45) is 11.7 Å². The van der Waals surface area contributed by atoms with Gasteiger partial charge in [-0.2, -0.15) is 0 Å². The number of nitrogens with two attached hydrogens (primary N) is 1. The molecule has 1 heterocycles. The molecule has 16 heavy (non-hydrogen) atoms. The fourth-order valence-electron chi connectivity index (χ4n) is 2.67. The maximum atomic E-state index is 12.2. The van der Waals surface area contributed by atoms with Crippen LogP contribution < -0.4 is 5.73 Å². The largest absolute Gasteiger partial charge is 0.337 e. The maximum absolute atomic E-state index is 12.2. The molecule has 3 heteroatoms. The molecule has 1 aliphatic heterocycles. The smallest absolute Gasteiger partial charge is 0.223 e. The van der Waals surface area contributed by atoms with Crippen LogP contribution in [0.25, 0.3) is 0 Å². The van der Waals surface area contributed by atoms with Crippen LogP contribution >= 0.6 is 0 Å². The molecule has 3 atom stereocenters. The quantitative estimate of drug-likeness (QED) is 0.780. The minimum Gasteiger partial charge on any atom is -0.337 e. The van der Waals surface area contributed by atoms with Crippen LogP contribution in [-0.4, -0.2) is 29.4 Å². The van der Waals surface area contributed by atoms with Crippen molar-refractivity contribution in [3.05, 3.63) is 0 Å². The van der Waals surface area contributed by atoms with E-state index in [0.717, 1.165) is 19.3 Å². The lowest BCUT2D eigenvalue weighted by Gasteiger charge is -2.29. The van der Waals surface area contributed by atoms with Gasteiger partial charge >= 0.3 is 0 Å². The van der Waals surface area contributed by atoms with Gasteiger partial charge < -0.3 is 10.6 Å². The lowest BCUT2D eigenvalue weighted by atomic mass is 10.0. The number of nitrogens with zero attached hydrogens (tertiary/aromatic N) is 1. The van der Waals surface area contributed by atoms with Gasteiger partial charge in [0, 0.05) is 18.5 Å². The lowest BCUT2D eigenvalue weighted by Crippen LogP contribution is -2.41. The second-order valence-corrected chi connectivity index (χ2v) is 5.00. The molecule has 0 aromatic rings. The van der Waals surface area contributed by atoms with Gasteiger partial charge in [-0.1, -0.05) is 20.3 Å². The highest BCUT2D eigenvalue weighted by Gasteiger charge is 2.33. The average molecular weight is 226 g/mol. The van der Waals surface area contributed by atoms with E-state index in [1.165, 1.54) is 6.42 Å². The van der Waals surface area contributed by atoms with E-state index >= 15 is 0 Å². The Bertz CT molecular complexity index is 226. The van der Waals surface area contributed by atoms with Crippen LogP contribution in [0.1, 0.15) is 52.9 Å². The highest BCUT2D eigenvalue weighted by Crippen LogP contribution is 2.27. The number of likely N-dealkylation sites (tertiary alicyclic amines) is 1. The van der Waals surface area contributed by atoms with E-state index in [1.54, 1.807) is 0 Å². The number of hydrogen-bond donors (Lipinski definition) is 1. The molecule has 2 N–H and O–H groups in total.